The lowest BCUT2D eigenvalue weighted by Crippen LogP contribution is -2.32. The van der Waals surface area contributed by atoms with Crippen LogP contribution < -0.4 is 5.32 Å². The van der Waals surface area contributed by atoms with Gasteiger partial charge in [0.1, 0.15) is 5.60 Å². The Morgan fingerprint density at radius 2 is 2.00 bits per heavy atom. The molecule has 80 valence electrons. The lowest BCUT2D eigenvalue weighted by molar-refractivity contribution is 0.0419. The normalized spacial score (nSPS) is 36.3. The lowest BCUT2D eigenvalue weighted by atomic mass is 9.84. The van der Waals surface area contributed by atoms with E-state index >= 15 is 0 Å². The molecule has 2 aliphatic rings. The van der Waals surface area contributed by atoms with Crippen LogP contribution in [0.1, 0.15) is 46.0 Å². The first-order valence-corrected chi connectivity index (χ1v) is 5.48. The highest BCUT2D eigenvalue weighted by molar-refractivity contribution is 5.70. The molecule has 1 saturated heterocycles. The summed E-state index contributed by atoms with van der Waals surface area (Å²) >= 11 is 0. The van der Waals surface area contributed by atoms with Crippen molar-refractivity contribution < 1.29 is 9.53 Å². The fraction of sp³-hybridized carbons (Fsp3) is 0.909. The zero-order valence-corrected chi connectivity index (χ0v) is 9.06. The Morgan fingerprint density at radius 1 is 1.21 bits per heavy atom. The van der Waals surface area contributed by atoms with Crippen LogP contribution in [0.3, 0.4) is 0 Å². The number of hydrogen-bond donors (Lipinski definition) is 1. The predicted molar refractivity (Wildman–Crippen MR) is 54.1 cm³/mol. The number of carbonyl (C=O) groups excluding carboxylic acids is 1. The third-order valence-electron chi connectivity index (χ3n) is 3.61. The monoisotopic (exact) mass is 197 g/mol. The second kappa shape index (κ2) is 3.14. The van der Waals surface area contributed by atoms with Crippen LogP contribution in [0.4, 0.5) is 4.79 Å². The van der Waals surface area contributed by atoms with Crippen LogP contribution in [0, 0.1) is 5.41 Å². The summed E-state index contributed by atoms with van der Waals surface area (Å²) in [7, 11) is 0. The summed E-state index contributed by atoms with van der Waals surface area (Å²) in [5, 5.41) is 2.77. The van der Waals surface area contributed by atoms with Gasteiger partial charge in [-0.25, -0.2) is 4.79 Å². The molecule has 1 amide bonds. The van der Waals surface area contributed by atoms with E-state index in [2.05, 4.69) is 19.2 Å². The van der Waals surface area contributed by atoms with Gasteiger partial charge in [0.25, 0.3) is 0 Å². The van der Waals surface area contributed by atoms with Gasteiger partial charge in [0.15, 0.2) is 0 Å². The molecular formula is C11H19NO2. The van der Waals surface area contributed by atoms with Gasteiger partial charge in [-0.1, -0.05) is 13.8 Å². The number of carbonyl (C=O) groups is 1. The molecule has 1 spiro atoms. The lowest BCUT2D eigenvalue weighted by Gasteiger charge is -2.26. The first-order chi connectivity index (χ1) is 6.52. The molecule has 1 heterocycles. The highest BCUT2D eigenvalue weighted by Gasteiger charge is 2.42. The Balaban J connectivity index is 2.05. The smallest absolute Gasteiger partial charge is 0.407 e. The average Bonchev–Trinajstić information content (AvgIpc) is 2.38. The second-order valence-corrected chi connectivity index (χ2v) is 5.44. The van der Waals surface area contributed by atoms with Crippen molar-refractivity contribution in [1.29, 1.82) is 0 Å². The third kappa shape index (κ3) is 1.86. The van der Waals surface area contributed by atoms with Gasteiger partial charge in [-0.3, -0.25) is 0 Å². The van der Waals surface area contributed by atoms with E-state index < -0.39 is 0 Å². The SMILES string of the molecule is CC1(C)CCCC2(CC1)CNC(=O)O2. The number of hydrogen-bond acceptors (Lipinski definition) is 2. The Hall–Kier alpha value is -0.730. The summed E-state index contributed by atoms with van der Waals surface area (Å²) < 4.78 is 5.41. The summed E-state index contributed by atoms with van der Waals surface area (Å²) in [5.74, 6) is 0. The third-order valence-corrected chi connectivity index (χ3v) is 3.61. The number of ether oxygens (including phenoxy) is 1. The van der Waals surface area contributed by atoms with E-state index in [1.54, 1.807) is 0 Å². The van der Waals surface area contributed by atoms with Gasteiger partial charge in [0.2, 0.25) is 0 Å². The molecule has 0 aromatic carbocycles. The fourth-order valence-electron chi connectivity index (χ4n) is 2.49. The second-order valence-electron chi connectivity index (χ2n) is 5.44. The minimum atomic E-state index is -0.232. The van der Waals surface area contributed by atoms with E-state index in [0.717, 1.165) is 19.3 Å². The zero-order chi connectivity index (χ0) is 10.2. The van der Waals surface area contributed by atoms with Crippen molar-refractivity contribution in [3.05, 3.63) is 0 Å². The summed E-state index contributed by atoms with van der Waals surface area (Å²) in [5.41, 5.74) is 0.239. The van der Waals surface area contributed by atoms with Crippen molar-refractivity contribution in [1.82, 2.24) is 5.32 Å². The van der Waals surface area contributed by atoms with Crippen molar-refractivity contribution in [3.63, 3.8) is 0 Å². The topological polar surface area (TPSA) is 38.3 Å². The molecule has 1 aliphatic heterocycles. The number of rotatable bonds is 0. The zero-order valence-electron chi connectivity index (χ0n) is 9.06. The molecule has 1 unspecified atom stereocenters. The fourth-order valence-corrected chi connectivity index (χ4v) is 2.49. The molecule has 0 radical (unpaired) electrons. The highest BCUT2D eigenvalue weighted by atomic mass is 16.6. The number of amides is 1. The molecule has 0 aromatic rings. The molecule has 1 saturated carbocycles. The van der Waals surface area contributed by atoms with Crippen LogP contribution >= 0.6 is 0 Å². The van der Waals surface area contributed by atoms with Crippen LogP contribution in [0.2, 0.25) is 0 Å². The molecular weight excluding hydrogens is 178 g/mol. The maximum atomic E-state index is 11.1. The standard InChI is InChI=1S/C11H19NO2/c1-10(2)4-3-5-11(7-6-10)8-12-9(13)14-11/h3-8H2,1-2H3,(H,12,13). The molecule has 1 atom stereocenters. The van der Waals surface area contributed by atoms with E-state index in [0.29, 0.717) is 12.0 Å². The summed E-state index contributed by atoms with van der Waals surface area (Å²) in [4.78, 5) is 11.1. The number of nitrogens with one attached hydrogen (secondary N) is 1. The van der Waals surface area contributed by atoms with Crippen molar-refractivity contribution >= 4 is 6.09 Å². The van der Waals surface area contributed by atoms with Gasteiger partial charge >= 0.3 is 6.09 Å². The van der Waals surface area contributed by atoms with Crippen molar-refractivity contribution in [2.24, 2.45) is 5.41 Å². The van der Waals surface area contributed by atoms with E-state index in [9.17, 15) is 4.79 Å². The van der Waals surface area contributed by atoms with Gasteiger partial charge in [0, 0.05) is 0 Å². The van der Waals surface area contributed by atoms with Gasteiger partial charge in [0.05, 0.1) is 6.54 Å². The van der Waals surface area contributed by atoms with Crippen LogP contribution in [-0.2, 0) is 4.74 Å². The molecule has 2 fully saturated rings. The quantitative estimate of drug-likeness (QED) is 0.647. The largest absolute Gasteiger partial charge is 0.441 e. The highest BCUT2D eigenvalue weighted by Crippen LogP contribution is 2.40. The van der Waals surface area contributed by atoms with Crippen LogP contribution in [0.15, 0.2) is 0 Å². The summed E-state index contributed by atoms with van der Waals surface area (Å²) in [6.07, 6.45) is 5.37. The molecule has 1 aliphatic carbocycles. The summed E-state index contributed by atoms with van der Waals surface area (Å²) in [6, 6.07) is 0. The Labute approximate surface area is 85.2 Å². The van der Waals surface area contributed by atoms with Crippen molar-refractivity contribution in [2.75, 3.05) is 6.54 Å². The van der Waals surface area contributed by atoms with Crippen LogP contribution in [0.25, 0.3) is 0 Å². The molecule has 0 aromatic heterocycles. The van der Waals surface area contributed by atoms with E-state index in [1.165, 1.54) is 12.8 Å². The van der Waals surface area contributed by atoms with Crippen molar-refractivity contribution in [2.45, 2.75) is 51.6 Å². The first kappa shape index (κ1) is 9.81. The predicted octanol–water partition coefficient (Wildman–Crippen LogP) is 2.46. The first-order valence-electron chi connectivity index (χ1n) is 5.48. The molecule has 3 heteroatoms. The molecule has 14 heavy (non-hydrogen) atoms. The van der Waals surface area contributed by atoms with Crippen LogP contribution in [0.5, 0.6) is 0 Å². The maximum Gasteiger partial charge on any atom is 0.407 e. The molecule has 3 nitrogen and oxygen atoms in total. The Bertz CT molecular complexity index is 250. The minimum absolute atomic E-state index is 0.176. The minimum Gasteiger partial charge on any atom is -0.441 e. The maximum absolute atomic E-state index is 11.1. The van der Waals surface area contributed by atoms with E-state index in [4.69, 9.17) is 4.74 Å². The molecule has 1 N–H and O–H groups in total. The number of alkyl carbamates (subject to hydrolysis) is 1. The van der Waals surface area contributed by atoms with Gasteiger partial charge in [-0.05, 0) is 37.5 Å². The van der Waals surface area contributed by atoms with Crippen molar-refractivity contribution in [3.8, 4) is 0 Å². The van der Waals surface area contributed by atoms with Crippen LogP contribution in [-0.4, -0.2) is 18.2 Å². The Kier molecular flexibility index (Phi) is 2.20. The van der Waals surface area contributed by atoms with E-state index in [-0.39, 0.29) is 11.7 Å². The molecule has 0 bridgehead atoms. The van der Waals surface area contributed by atoms with Gasteiger partial charge in [-0.2, -0.15) is 0 Å². The molecule has 2 rings (SSSR count). The van der Waals surface area contributed by atoms with Gasteiger partial charge in [-0.15, -0.1) is 0 Å². The average molecular weight is 197 g/mol. The van der Waals surface area contributed by atoms with Gasteiger partial charge < -0.3 is 10.1 Å². The Morgan fingerprint density at radius 3 is 2.64 bits per heavy atom. The summed E-state index contributed by atoms with van der Waals surface area (Å²) in [6.45, 7) is 5.31. The van der Waals surface area contributed by atoms with E-state index in [1.807, 2.05) is 0 Å².